The number of para-hydroxylation sites is 1. The standard InChI is InChI=1S/C29H33N7O3S/c1-3-33(4-2)23-15-13-22(14-16-23)19-25-28(38)36(24-11-7-5-8-12-24)29(30-25)40-21-26(37)31-27-20-35(32-39-27)34-17-9-6-10-18-34/h5,7-8,11-16,19-20H,3-4,6,9-10,17-18,21H2,1-2H3/b25-19+. The Morgan fingerprint density at radius 1 is 1.10 bits per heavy atom. The Kier molecular flexibility index (Phi) is 8.80. The van der Waals surface area contributed by atoms with Gasteiger partial charge in [-0.05, 0) is 74.9 Å². The molecule has 3 heterocycles. The number of rotatable bonds is 9. The molecule has 0 atom stereocenters. The van der Waals surface area contributed by atoms with Crippen LogP contribution in [0.3, 0.4) is 0 Å². The summed E-state index contributed by atoms with van der Waals surface area (Å²) in [5.74, 6) is -0.511. The summed E-state index contributed by atoms with van der Waals surface area (Å²) in [6, 6.07) is 17.4. The Labute approximate surface area is 238 Å². The second-order valence-electron chi connectivity index (χ2n) is 9.43. The first-order valence-electron chi connectivity index (χ1n) is 13.6. The molecule has 5 rings (SSSR count). The predicted molar refractivity (Wildman–Crippen MR) is 157 cm³/mol. The molecule has 3 aromatic rings. The van der Waals surface area contributed by atoms with Crippen LogP contribution in [0.5, 0.6) is 0 Å². The van der Waals surface area contributed by atoms with Crippen LogP contribution < -0.4 is 24.7 Å². The molecule has 0 unspecified atom stereocenters. The lowest BCUT2D eigenvalue weighted by molar-refractivity contribution is -0.759. The summed E-state index contributed by atoms with van der Waals surface area (Å²) in [6.45, 7) is 7.87. The average molecular weight is 560 g/mol. The lowest BCUT2D eigenvalue weighted by Crippen LogP contribution is -2.60. The summed E-state index contributed by atoms with van der Waals surface area (Å²) in [7, 11) is 0. The van der Waals surface area contributed by atoms with Crippen LogP contribution in [0.1, 0.15) is 38.7 Å². The number of amidine groups is 1. The van der Waals surface area contributed by atoms with Crippen molar-refractivity contribution in [1.82, 2.24) is 5.27 Å². The number of hydrogen-bond donors (Lipinski definition) is 0. The zero-order valence-corrected chi connectivity index (χ0v) is 23.6. The first kappa shape index (κ1) is 27.4. The van der Waals surface area contributed by atoms with Crippen LogP contribution in [0.2, 0.25) is 0 Å². The second-order valence-corrected chi connectivity index (χ2v) is 10.4. The third-order valence-corrected chi connectivity index (χ3v) is 7.72. The summed E-state index contributed by atoms with van der Waals surface area (Å²) < 4.78 is 5.26. The van der Waals surface area contributed by atoms with Gasteiger partial charge in [-0.3, -0.25) is 14.2 Å². The molecule has 2 aliphatic rings. The number of anilines is 2. The summed E-state index contributed by atoms with van der Waals surface area (Å²) >= 11 is 1.16. The van der Waals surface area contributed by atoms with Gasteiger partial charge in [0.1, 0.15) is 5.70 Å². The predicted octanol–water partition coefficient (Wildman–Crippen LogP) is 3.50. The van der Waals surface area contributed by atoms with Gasteiger partial charge in [0.05, 0.1) is 23.6 Å². The minimum atomic E-state index is -0.403. The molecule has 0 radical (unpaired) electrons. The van der Waals surface area contributed by atoms with Gasteiger partial charge in [0.25, 0.3) is 12.1 Å². The number of benzene rings is 2. The van der Waals surface area contributed by atoms with Gasteiger partial charge in [-0.2, -0.15) is 5.01 Å². The monoisotopic (exact) mass is 559 g/mol. The molecule has 10 nitrogen and oxygen atoms in total. The molecule has 2 aromatic carbocycles. The Morgan fingerprint density at radius 3 is 2.52 bits per heavy atom. The maximum Gasteiger partial charge on any atom is 0.324 e. The fourth-order valence-corrected chi connectivity index (χ4v) is 5.50. The van der Waals surface area contributed by atoms with Crippen molar-refractivity contribution in [2.45, 2.75) is 33.1 Å². The van der Waals surface area contributed by atoms with Crippen LogP contribution in [0, 0.1) is 0 Å². The molecule has 0 saturated carbocycles. The second kappa shape index (κ2) is 12.8. The van der Waals surface area contributed by atoms with Crippen LogP contribution in [-0.2, 0) is 4.79 Å². The zero-order chi connectivity index (χ0) is 27.9. The molecule has 0 spiro atoms. The Bertz CT molecular complexity index is 1390. The van der Waals surface area contributed by atoms with Gasteiger partial charge < -0.3 is 10.0 Å². The molecule has 40 heavy (non-hydrogen) atoms. The van der Waals surface area contributed by atoms with Crippen molar-refractivity contribution in [2.24, 2.45) is 9.98 Å². The van der Waals surface area contributed by atoms with Crippen molar-refractivity contribution in [3.05, 3.63) is 72.1 Å². The highest BCUT2D eigenvalue weighted by Crippen LogP contribution is 2.29. The van der Waals surface area contributed by atoms with Crippen molar-refractivity contribution in [1.29, 1.82) is 0 Å². The van der Waals surface area contributed by atoms with E-state index in [2.05, 4.69) is 39.0 Å². The molecular formula is C29H33N7O3S. The number of piperidine rings is 1. The van der Waals surface area contributed by atoms with Gasteiger partial charge in [0, 0.05) is 24.5 Å². The Balaban J connectivity index is 1.33. The van der Waals surface area contributed by atoms with Crippen molar-refractivity contribution in [2.75, 3.05) is 46.7 Å². The summed E-state index contributed by atoms with van der Waals surface area (Å²) in [6.07, 6.45) is 6.79. The summed E-state index contributed by atoms with van der Waals surface area (Å²) in [5, 5.41) is 19.2. The van der Waals surface area contributed by atoms with E-state index >= 15 is 0 Å². The highest BCUT2D eigenvalue weighted by molar-refractivity contribution is 8.14. The van der Waals surface area contributed by atoms with E-state index < -0.39 is 5.90 Å². The molecule has 0 aliphatic carbocycles. The van der Waals surface area contributed by atoms with E-state index in [4.69, 9.17) is 4.52 Å². The van der Waals surface area contributed by atoms with Crippen molar-refractivity contribution >= 4 is 52.1 Å². The molecular weight excluding hydrogens is 526 g/mol. The van der Waals surface area contributed by atoms with Crippen LogP contribution in [0.15, 0.2) is 81.0 Å². The number of hydrogen-bond acceptors (Lipinski definition) is 9. The third kappa shape index (κ3) is 6.36. The number of aromatic nitrogens is 2. The first-order chi connectivity index (χ1) is 19.6. The summed E-state index contributed by atoms with van der Waals surface area (Å²) in [4.78, 5) is 27.6. The Morgan fingerprint density at radius 2 is 1.82 bits per heavy atom. The van der Waals surface area contributed by atoms with E-state index in [9.17, 15) is 9.90 Å². The average Bonchev–Trinajstić information content (AvgIpc) is 3.58. The first-order valence-corrected chi connectivity index (χ1v) is 14.6. The minimum absolute atomic E-state index is 0.00823. The van der Waals surface area contributed by atoms with Gasteiger partial charge in [0.2, 0.25) is 5.27 Å². The number of carbonyl (C=O) groups excluding carboxylic acids is 1. The van der Waals surface area contributed by atoms with Gasteiger partial charge in [-0.1, -0.05) is 42.1 Å². The van der Waals surface area contributed by atoms with E-state index in [1.165, 1.54) is 11.3 Å². The maximum atomic E-state index is 13.5. The molecule has 1 amide bonds. The van der Waals surface area contributed by atoms with Crippen molar-refractivity contribution < 1.29 is 19.2 Å². The lowest BCUT2D eigenvalue weighted by Gasteiger charge is -2.20. The topological polar surface area (TPSA) is 104 Å². The van der Waals surface area contributed by atoms with Gasteiger partial charge in [-0.25, -0.2) is 9.98 Å². The number of carbonyl (C=O) groups is 1. The van der Waals surface area contributed by atoms with Gasteiger partial charge in [-0.15, -0.1) is 0 Å². The summed E-state index contributed by atoms with van der Waals surface area (Å²) in [5.41, 5.74) is 3.00. The van der Waals surface area contributed by atoms with Gasteiger partial charge in [0.15, 0.2) is 5.17 Å². The van der Waals surface area contributed by atoms with E-state index in [1.54, 1.807) is 17.1 Å². The highest BCUT2D eigenvalue weighted by atomic mass is 32.2. The smallest absolute Gasteiger partial charge is 0.324 e. The van der Waals surface area contributed by atoms with Crippen molar-refractivity contribution in [3.63, 3.8) is 0 Å². The van der Waals surface area contributed by atoms with E-state index in [0.29, 0.717) is 16.6 Å². The van der Waals surface area contributed by atoms with E-state index in [-0.39, 0.29) is 17.5 Å². The molecule has 0 bridgehead atoms. The number of amides is 1. The highest BCUT2D eigenvalue weighted by Gasteiger charge is 2.32. The molecule has 1 fully saturated rings. The molecule has 208 valence electrons. The van der Waals surface area contributed by atoms with Crippen LogP contribution in [0.4, 0.5) is 17.3 Å². The molecule has 1 aromatic heterocycles. The molecule has 11 heteroatoms. The lowest BCUT2D eigenvalue weighted by atomic mass is 10.1. The largest absolute Gasteiger partial charge is 0.861 e. The SMILES string of the molecule is CCN(CC)c1ccc(/C=C2/N=C(SC/C([O-])=N\c3c[n+](N4CCCCC4)no3)N(c3ccccc3)C2=O)cc1. The normalized spacial score (nSPS) is 17.1. The third-order valence-electron chi connectivity index (χ3n) is 6.79. The Hall–Kier alpha value is -4.12. The van der Waals surface area contributed by atoms with Crippen molar-refractivity contribution in [3.8, 4) is 0 Å². The van der Waals surface area contributed by atoms with Crippen LogP contribution in [0.25, 0.3) is 6.08 Å². The number of aliphatic imine (C=N–C) groups is 2. The van der Waals surface area contributed by atoms with Crippen LogP contribution in [-0.4, -0.2) is 54.2 Å². The number of nitrogens with zero attached hydrogens (tertiary/aromatic N) is 7. The van der Waals surface area contributed by atoms with Crippen LogP contribution >= 0.6 is 11.8 Å². The minimum Gasteiger partial charge on any atom is -0.861 e. The van der Waals surface area contributed by atoms with E-state index in [1.807, 2.05) is 54.6 Å². The molecule has 2 aliphatic heterocycles. The number of thioether (sulfide) groups is 1. The molecule has 1 saturated heterocycles. The van der Waals surface area contributed by atoms with Gasteiger partial charge >= 0.3 is 5.88 Å². The zero-order valence-electron chi connectivity index (χ0n) is 22.8. The molecule has 0 N–H and O–H groups in total. The van der Waals surface area contributed by atoms with E-state index in [0.717, 1.165) is 62.0 Å². The maximum absolute atomic E-state index is 13.5. The fraction of sp³-hybridized carbons (Fsp3) is 0.345. The fourth-order valence-electron chi connectivity index (χ4n) is 4.70. The quantitative estimate of drug-likeness (QED) is 0.171.